The van der Waals surface area contributed by atoms with Gasteiger partial charge in [-0.15, -0.1) is 0 Å². The van der Waals surface area contributed by atoms with Crippen molar-refractivity contribution in [2.45, 2.75) is 38.8 Å². The van der Waals surface area contributed by atoms with Gasteiger partial charge in [-0.25, -0.2) is 4.79 Å². The number of likely N-dealkylation sites (N-methyl/N-ethyl adjacent to an activating group) is 1. The largest absolute Gasteiger partial charge is 0.465 e. The lowest BCUT2D eigenvalue weighted by Crippen LogP contribution is -2.63. The van der Waals surface area contributed by atoms with E-state index in [1.54, 1.807) is 14.1 Å². The SMILES string of the molecule is CN(C)C(=O)[C@]1(C(C)(C)C)C[C@H](O)CN1C(=O)O. The third-order valence-corrected chi connectivity index (χ3v) is 3.62. The van der Waals surface area contributed by atoms with Gasteiger partial charge in [0.15, 0.2) is 0 Å². The first-order chi connectivity index (χ1) is 8.04. The lowest BCUT2D eigenvalue weighted by atomic mass is 9.70. The van der Waals surface area contributed by atoms with Crippen molar-refractivity contribution in [3.63, 3.8) is 0 Å². The Hall–Kier alpha value is -1.30. The van der Waals surface area contributed by atoms with Crippen LogP contribution in [-0.4, -0.2) is 64.3 Å². The van der Waals surface area contributed by atoms with Gasteiger partial charge in [0.25, 0.3) is 0 Å². The van der Waals surface area contributed by atoms with Crippen LogP contribution in [0, 0.1) is 5.41 Å². The average molecular weight is 258 g/mol. The predicted octanol–water partition coefficient (Wildman–Crippen LogP) is 0.604. The predicted molar refractivity (Wildman–Crippen MR) is 66.2 cm³/mol. The summed E-state index contributed by atoms with van der Waals surface area (Å²) in [6.45, 7) is 5.44. The first-order valence-corrected chi connectivity index (χ1v) is 5.94. The van der Waals surface area contributed by atoms with E-state index in [0.717, 1.165) is 4.90 Å². The van der Waals surface area contributed by atoms with E-state index >= 15 is 0 Å². The maximum absolute atomic E-state index is 12.5. The highest BCUT2D eigenvalue weighted by Crippen LogP contribution is 2.44. The number of carbonyl (C=O) groups is 2. The molecule has 2 atom stereocenters. The number of carbonyl (C=O) groups excluding carboxylic acids is 1. The van der Waals surface area contributed by atoms with Gasteiger partial charge in [0, 0.05) is 20.5 Å². The zero-order chi connectivity index (χ0) is 14.3. The molecular formula is C12H22N2O4. The molecule has 0 radical (unpaired) electrons. The smallest absolute Gasteiger partial charge is 0.408 e. The van der Waals surface area contributed by atoms with Crippen molar-refractivity contribution in [3.8, 4) is 0 Å². The van der Waals surface area contributed by atoms with Gasteiger partial charge in [-0.1, -0.05) is 20.8 Å². The molecule has 1 saturated heterocycles. The molecule has 6 nitrogen and oxygen atoms in total. The maximum atomic E-state index is 12.5. The summed E-state index contributed by atoms with van der Waals surface area (Å²) in [4.78, 5) is 26.3. The van der Waals surface area contributed by atoms with E-state index in [2.05, 4.69) is 0 Å². The molecule has 0 aromatic carbocycles. The summed E-state index contributed by atoms with van der Waals surface area (Å²) in [6, 6.07) is 0. The van der Waals surface area contributed by atoms with Crippen LogP contribution >= 0.6 is 0 Å². The standard InChI is InChI=1S/C12H22N2O4/c1-11(2,3)12(9(16)13(4)5)6-8(15)7-14(12)10(17)18/h8,15H,6-7H2,1-5H3,(H,17,18)/t8-,12-/m0/s1. The summed E-state index contributed by atoms with van der Waals surface area (Å²) in [5.41, 5.74) is -1.80. The van der Waals surface area contributed by atoms with Crippen LogP contribution in [0.3, 0.4) is 0 Å². The van der Waals surface area contributed by atoms with Gasteiger partial charge >= 0.3 is 6.09 Å². The molecule has 0 aromatic rings. The molecule has 18 heavy (non-hydrogen) atoms. The molecule has 2 amide bonds. The Bertz CT molecular complexity index is 362. The zero-order valence-electron chi connectivity index (χ0n) is 11.6. The van der Waals surface area contributed by atoms with Crippen molar-refractivity contribution in [2.24, 2.45) is 5.41 Å². The van der Waals surface area contributed by atoms with Crippen LogP contribution < -0.4 is 0 Å². The van der Waals surface area contributed by atoms with Gasteiger partial charge in [0.2, 0.25) is 5.91 Å². The minimum atomic E-state index is -1.21. The topological polar surface area (TPSA) is 81.1 Å². The Morgan fingerprint density at radius 1 is 1.33 bits per heavy atom. The van der Waals surface area contributed by atoms with Gasteiger partial charge < -0.3 is 15.1 Å². The monoisotopic (exact) mass is 258 g/mol. The fourth-order valence-electron chi connectivity index (χ4n) is 2.73. The Labute approximate surface area is 107 Å². The van der Waals surface area contributed by atoms with Crippen LogP contribution in [0.1, 0.15) is 27.2 Å². The summed E-state index contributed by atoms with van der Waals surface area (Å²) in [7, 11) is 3.20. The number of likely N-dealkylation sites (tertiary alicyclic amines) is 1. The third kappa shape index (κ3) is 2.05. The van der Waals surface area contributed by atoms with Gasteiger partial charge in [-0.3, -0.25) is 9.69 Å². The van der Waals surface area contributed by atoms with Crippen molar-refractivity contribution in [1.29, 1.82) is 0 Å². The number of carboxylic acid groups (broad SMARTS) is 1. The van der Waals surface area contributed by atoms with Crippen molar-refractivity contribution >= 4 is 12.0 Å². The Balaban J connectivity index is 3.36. The number of rotatable bonds is 1. The minimum absolute atomic E-state index is 0.0216. The number of hydrogen-bond acceptors (Lipinski definition) is 3. The number of hydrogen-bond donors (Lipinski definition) is 2. The second kappa shape index (κ2) is 4.42. The quantitative estimate of drug-likeness (QED) is 0.722. The molecule has 0 aliphatic carbocycles. The molecule has 0 saturated carbocycles. The van der Waals surface area contributed by atoms with E-state index in [9.17, 15) is 19.8 Å². The molecule has 0 unspecified atom stereocenters. The zero-order valence-corrected chi connectivity index (χ0v) is 11.6. The molecule has 1 rings (SSSR count). The molecule has 1 fully saturated rings. The van der Waals surface area contributed by atoms with Crippen molar-refractivity contribution < 1.29 is 19.8 Å². The van der Waals surface area contributed by atoms with Gasteiger partial charge in [0.05, 0.1) is 12.6 Å². The van der Waals surface area contributed by atoms with Crippen LogP contribution in [0.2, 0.25) is 0 Å². The second-order valence-electron chi connectivity index (χ2n) is 6.06. The second-order valence-corrected chi connectivity index (χ2v) is 6.06. The molecule has 1 aliphatic heterocycles. The normalized spacial score (nSPS) is 28.3. The molecule has 0 aromatic heterocycles. The summed E-state index contributed by atoms with van der Waals surface area (Å²) in [5, 5.41) is 19.1. The van der Waals surface area contributed by atoms with Crippen molar-refractivity contribution in [3.05, 3.63) is 0 Å². The van der Waals surface area contributed by atoms with Gasteiger partial charge in [-0.2, -0.15) is 0 Å². The summed E-state index contributed by atoms with van der Waals surface area (Å²) in [6.07, 6.45) is -1.83. The number of aliphatic hydroxyl groups is 1. The maximum Gasteiger partial charge on any atom is 0.408 e. The van der Waals surface area contributed by atoms with Crippen molar-refractivity contribution in [1.82, 2.24) is 9.80 Å². The Kier molecular flexibility index (Phi) is 3.63. The molecule has 1 heterocycles. The Morgan fingerprint density at radius 3 is 2.17 bits per heavy atom. The molecular weight excluding hydrogens is 236 g/mol. The van der Waals surface area contributed by atoms with E-state index in [-0.39, 0.29) is 18.9 Å². The van der Waals surface area contributed by atoms with Crippen LogP contribution in [0.15, 0.2) is 0 Å². The highest BCUT2D eigenvalue weighted by atomic mass is 16.4. The lowest BCUT2D eigenvalue weighted by molar-refractivity contribution is -0.146. The molecule has 6 heteroatoms. The van der Waals surface area contributed by atoms with Crippen LogP contribution in [0.4, 0.5) is 4.79 Å². The average Bonchev–Trinajstić information content (AvgIpc) is 2.55. The fourth-order valence-corrected chi connectivity index (χ4v) is 2.73. The van der Waals surface area contributed by atoms with E-state index in [1.807, 2.05) is 20.8 Å². The fraction of sp³-hybridized carbons (Fsp3) is 0.833. The van der Waals surface area contributed by atoms with Crippen LogP contribution in [0.25, 0.3) is 0 Å². The molecule has 0 bridgehead atoms. The molecule has 2 N–H and O–H groups in total. The first kappa shape index (κ1) is 14.8. The minimum Gasteiger partial charge on any atom is -0.465 e. The number of β-amino-alcohol motifs (C(OH)–C–C–N with tert-alkyl or cyclic N) is 1. The summed E-state index contributed by atoms with van der Waals surface area (Å²) >= 11 is 0. The number of nitrogens with zero attached hydrogens (tertiary/aromatic N) is 2. The molecule has 0 spiro atoms. The van der Waals surface area contributed by atoms with Crippen molar-refractivity contribution in [2.75, 3.05) is 20.6 Å². The van der Waals surface area contributed by atoms with Gasteiger partial charge in [-0.05, 0) is 5.41 Å². The highest BCUT2D eigenvalue weighted by Gasteiger charge is 2.60. The Morgan fingerprint density at radius 2 is 1.83 bits per heavy atom. The van der Waals surface area contributed by atoms with E-state index in [0.29, 0.717) is 0 Å². The highest BCUT2D eigenvalue weighted by molar-refractivity contribution is 5.91. The lowest BCUT2D eigenvalue weighted by Gasteiger charge is -2.46. The van der Waals surface area contributed by atoms with Crippen LogP contribution in [0.5, 0.6) is 0 Å². The van der Waals surface area contributed by atoms with Crippen LogP contribution in [-0.2, 0) is 4.79 Å². The first-order valence-electron chi connectivity index (χ1n) is 5.94. The number of amides is 2. The number of aliphatic hydroxyl groups excluding tert-OH is 1. The molecule has 1 aliphatic rings. The van der Waals surface area contributed by atoms with E-state index in [1.165, 1.54) is 4.90 Å². The van der Waals surface area contributed by atoms with E-state index in [4.69, 9.17) is 0 Å². The van der Waals surface area contributed by atoms with Gasteiger partial charge in [0.1, 0.15) is 5.54 Å². The third-order valence-electron chi connectivity index (χ3n) is 3.62. The van der Waals surface area contributed by atoms with E-state index < -0.39 is 23.2 Å². The summed E-state index contributed by atoms with van der Waals surface area (Å²) < 4.78 is 0. The summed E-state index contributed by atoms with van der Waals surface area (Å²) in [5.74, 6) is -0.283. The molecule has 104 valence electrons.